The highest BCUT2D eigenvalue weighted by molar-refractivity contribution is 5.98. The van der Waals surface area contributed by atoms with Gasteiger partial charge in [-0.2, -0.15) is 0 Å². The molecule has 2 aromatic rings. The van der Waals surface area contributed by atoms with Crippen molar-refractivity contribution in [1.82, 2.24) is 9.97 Å². The second-order valence-electron chi connectivity index (χ2n) is 4.65. The van der Waals surface area contributed by atoms with E-state index < -0.39 is 0 Å². The monoisotopic (exact) mass is 268 g/mol. The third-order valence-electron chi connectivity index (χ3n) is 2.94. The van der Waals surface area contributed by atoms with Crippen LogP contribution in [0.1, 0.15) is 30.4 Å². The third-order valence-corrected chi connectivity index (χ3v) is 2.94. The van der Waals surface area contributed by atoms with Gasteiger partial charge in [-0.15, -0.1) is 0 Å². The number of nitrogens with one attached hydrogen (secondary N) is 1. The number of nitrogens with zero attached hydrogens (tertiary/aromatic N) is 3. The Bertz CT molecular complexity index is 582. The van der Waals surface area contributed by atoms with E-state index in [-0.39, 0.29) is 0 Å². The summed E-state index contributed by atoms with van der Waals surface area (Å²) in [6.45, 7) is 5.56. The van der Waals surface area contributed by atoms with E-state index in [0.717, 1.165) is 36.7 Å². The summed E-state index contributed by atoms with van der Waals surface area (Å²) in [5.74, 6) is 0.912. The second-order valence-corrected chi connectivity index (χ2v) is 4.65. The summed E-state index contributed by atoms with van der Waals surface area (Å²) >= 11 is 0. The molecule has 4 nitrogen and oxygen atoms in total. The molecule has 0 unspecified atom stereocenters. The van der Waals surface area contributed by atoms with Crippen LogP contribution in [0.5, 0.6) is 0 Å². The van der Waals surface area contributed by atoms with Crippen LogP contribution in [0.2, 0.25) is 0 Å². The zero-order valence-electron chi connectivity index (χ0n) is 12.0. The fourth-order valence-electron chi connectivity index (χ4n) is 1.85. The summed E-state index contributed by atoms with van der Waals surface area (Å²) in [5.41, 5.74) is 3.22. The number of benzene rings is 1. The molecule has 0 saturated carbocycles. The van der Waals surface area contributed by atoms with Crippen molar-refractivity contribution in [3.63, 3.8) is 0 Å². The number of hydrogen-bond donors (Lipinski definition) is 1. The van der Waals surface area contributed by atoms with Gasteiger partial charge in [0.1, 0.15) is 5.82 Å². The number of aliphatic imine (C=N–C) groups is 2. The Morgan fingerprint density at radius 2 is 2.05 bits per heavy atom. The lowest BCUT2D eigenvalue weighted by Gasteiger charge is -2.00. The van der Waals surface area contributed by atoms with Gasteiger partial charge in [-0.1, -0.05) is 30.3 Å². The first kappa shape index (κ1) is 14.2. The maximum absolute atomic E-state index is 4.57. The van der Waals surface area contributed by atoms with E-state index in [2.05, 4.69) is 32.1 Å². The number of rotatable bonds is 6. The van der Waals surface area contributed by atoms with Crippen molar-refractivity contribution in [2.75, 3.05) is 13.1 Å². The van der Waals surface area contributed by atoms with E-state index in [9.17, 15) is 0 Å². The van der Waals surface area contributed by atoms with E-state index in [1.54, 1.807) is 6.20 Å². The van der Waals surface area contributed by atoms with E-state index in [0.29, 0.717) is 0 Å². The molecular formula is C16H20N4. The maximum atomic E-state index is 4.57. The lowest BCUT2D eigenvalue weighted by molar-refractivity contribution is 0.847. The fraction of sp³-hybridized carbons (Fsp3) is 0.312. The van der Waals surface area contributed by atoms with Crippen LogP contribution < -0.4 is 0 Å². The summed E-state index contributed by atoms with van der Waals surface area (Å²) < 4.78 is 0. The Labute approximate surface area is 119 Å². The average Bonchev–Trinajstić information content (AvgIpc) is 2.89. The van der Waals surface area contributed by atoms with E-state index in [1.165, 1.54) is 5.56 Å². The quantitative estimate of drug-likeness (QED) is 0.635. The first-order chi connectivity index (χ1) is 9.75. The molecule has 1 heterocycles. The van der Waals surface area contributed by atoms with Crippen molar-refractivity contribution < 1.29 is 0 Å². The number of aromatic amines is 1. The normalized spacial score (nSPS) is 12.2. The fourth-order valence-corrected chi connectivity index (χ4v) is 1.85. The lowest BCUT2D eigenvalue weighted by atomic mass is 10.1. The van der Waals surface area contributed by atoms with Gasteiger partial charge in [0.05, 0.1) is 11.9 Å². The Hall–Kier alpha value is -2.23. The van der Waals surface area contributed by atoms with Crippen LogP contribution in [0.3, 0.4) is 0 Å². The molecule has 0 atom stereocenters. The number of imidazole rings is 1. The van der Waals surface area contributed by atoms with Gasteiger partial charge in [-0.25, -0.2) is 4.98 Å². The minimum absolute atomic E-state index is 0.781. The lowest BCUT2D eigenvalue weighted by Crippen LogP contribution is -1.97. The van der Waals surface area contributed by atoms with Crippen molar-refractivity contribution in [1.29, 1.82) is 0 Å². The van der Waals surface area contributed by atoms with Crippen LogP contribution in [-0.4, -0.2) is 35.0 Å². The molecule has 0 aliphatic rings. The molecule has 104 valence electrons. The van der Waals surface area contributed by atoms with E-state index in [4.69, 9.17) is 0 Å². The smallest absolute Gasteiger partial charge is 0.103 e. The first-order valence-electron chi connectivity index (χ1n) is 6.83. The molecule has 0 spiro atoms. The predicted octanol–water partition coefficient (Wildman–Crippen LogP) is 3.04. The van der Waals surface area contributed by atoms with Crippen molar-refractivity contribution in [3.05, 3.63) is 53.6 Å². The summed E-state index contributed by atoms with van der Waals surface area (Å²) in [6.07, 6.45) is 4.57. The highest BCUT2D eigenvalue weighted by atomic mass is 14.9. The number of H-pyrrole nitrogens is 1. The van der Waals surface area contributed by atoms with Gasteiger partial charge < -0.3 is 4.98 Å². The standard InChI is InChI=1S/C16H20N4/c1-13(15-7-4-3-5-8-15)18-10-6-9-17-11-16-12-19-14(2)20-16/h3-5,7-8,11-12H,6,9-10H2,1-2H3,(H,19,20). The van der Waals surface area contributed by atoms with Crippen LogP contribution in [0.15, 0.2) is 46.5 Å². The molecule has 0 aliphatic heterocycles. The third kappa shape index (κ3) is 4.46. The van der Waals surface area contributed by atoms with Crippen LogP contribution in [0.4, 0.5) is 0 Å². The molecule has 0 fully saturated rings. The summed E-state index contributed by atoms with van der Waals surface area (Å²) in [6, 6.07) is 10.2. The van der Waals surface area contributed by atoms with Gasteiger partial charge in [0, 0.05) is 25.0 Å². The van der Waals surface area contributed by atoms with Gasteiger partial charge in [0.25, 0.3) is 0 Å². The van der Waals surface area contributed by atoms with Crippen molar-refractivity contribution in [2.45, 2.75) is 20.3 Å². The molecule has 2 rings (SSSR count). The first-order valence-corrected chi connectivity index (χ1v) is 6.83. The van der Waals surface area contributed by atoms with Crippen molar-refractivity contribution >= 4 is 11.9 Å². The Kier molecular flexibility index (Phi) is 5.24. The Morgan fingerprint density at radius 3 is 2.75 bits per heavy atom. The van der Waals surface area contributed by atoms with Gasteiger partial charge in [-0.05, 0) is 25.8 Å². The molecule has 20 heavy (non-hydrogen) atoms. The maximum Gasteiger partial charge on any atom is 0.103 e. The summed E-state index contributed by atoms with van der Waals surface area (Å²) in [4.78, 5) is 16.2. The van der Waals surface area contributed by atoms with Gasteiger partial charge in [0.15, 0.2) is 0 Å². The molecule has 0 saturated heterocycles. The minimum atomic E-state index is 0.781. The molecule has 1 aromatic carbocycles. The number of aryl methyl sites for hydroxylation is 1. The topological polar surface area (TPSA) is 53.4 Å². The highest BCUT2D eigenvalue weighted by Gasteiger charge is 1.94. The average molecular weight is 268 g/mol. The number of hydrogen-bond acceptors (Lipinski definition) is 3. The molecule has 0 radical (unpaired) electrons. The van der Waals surface area contributed by atoms with Gasteiger partial charge >= 0.3 is 0 Å². The molecule has 0 aliphatic carbocycles. The van der Waals surface area contributed by atoms with Gasteiger partial charge in [0.2, 0.25) is 0 Å². The summed E-state index contributed by atoms with van der Waals surface area (Å²) in [7, 11) is 0. The van der Waals surface area contributed by atoms with E-state index >= 15 is 0 Å². The van der Waals surface area contributed by atoms with E-state index in [1.807, 2.05) is 38.3 Å². The predicted molar refractivity (Wildman–Crippen MR) is 83.9 cm³/mol. The molecule has 1 aromatic heterocycles. The Morgan fingerprint density at radius 1 is 1.25 bits per heavy atom. The molecule has 0 bridgehead atoms. The molecule has 1 N–H and O–H groups in total. The zero-order chi connectivity index (χ0) is 14.2. The second kappa shape index (κ2) is 7.38. The van der Waals surface area contributed by atoms with Gasteiger partial charge in [-0.3, -0.25) is 9.98 Å². The van der Waals surface area contributed by atoms with Crippen molar-refractivity contribution in [3.8, 4) is 0 Å². The molecule has 4 heteroatoms. The minimum Gasteiger partial charge on any atom is -0.341 e. The Balaban J connectivity index is 1.72. The largest absolute Gasteiger partial charge is 0.341 e. The summed E-state index contributed by atoms with van der Waals surface area (Å²) in [5, 5.41) is 0. The van der Waals surface area contributed by atoms with Crippen LogP contribution in [0.25, 0.3) is 0 Å². The van der Waals surface area contributed by atoms with Crippen molar-refractivity contribution in [2.24, 2.45) is 9.98 Å². The SMILES string of the molecule is CC(=NCCCN=Cc1cnc(C)[nH]1)c1ccccc1. The van der Waals surface area contributed by atoms with Crippen LogP contribution >= 0.6 is 0 Å². The molecule has 0 amide bonds. The molecular weight excluding hydrogens is 248 g/mol. The van der Waals surface area contributed by atoms with Crippen LogP contribution in [0, 0.1) is 6.92 Å². The number of aromatic nitrogens is 2. The van der Waals surface area contributed by atoms with Crippen LogP contribution in [-0.2, 0) is 0 Å². The highest BCUT2D eigenvalue weighted by Crippen LogP contribution is 2.01. The zero-order valence-corrected chi connectivity index (χ0v) is 12.0.